The third-order valence-electron chi connectivity index (χ3n) is 2.27. The molecule has 0 fully saturated rings. The average Bonchev–Trinajstić information content (AvgIpc) is 2.14. The summed E-state index contributed by atoms with van der Waals surface area (Å²) in [5.41, 5.74) is 7.50. The molecule has 1 heterocycles. The maximum atomic E-state index is 10.6. The summed E-state index contributed by atoms with van der Waals surface area (Å²) in [6.07, 6.45) is 0.695. The van der Waals surface area contributed by atoms with Gasteiger partial charge in [0.25, 0.3) is 0 Å². The Morgan fingerprint density at radius 2 is 2.12 bits per heavy atom. The third kappa shape index (κ3) is 4.48. The monoisotopic (exact) mass is 237 g/mol. The Bertz CT molecular complexity index is 405. The summed E-state index contributed by atoms with van der Waals surface area (Å²) in [5, 5.41) is 8.69. The molecule has 0 aliphatic carbocycles. The summed E-state index contributed by atoms with van der Waals surface area (Å²) in [6, 6.07) is 1.27. The van der Waals surface area contributed by atoms with Crippen LogP contribution in [0.15, 0.2) is 6.07 Å². The van der Waals surface area contributed by atoms with Gasteiger partial charge in [0.1, 0.15) is 5.82 Å². The first-order valence-corrected chi connectivity index (χ1v) is 5.70. The lowest BCUT2D eigenvalue weighted by molar-refractivity contribution is -0.137. The molecule has 0 amide bonds. The minimum atomic E-state index is -0.937. The van der Waals surface area contributed by atoms with Gasteiger partial charge in [0, 0.05) is 11.4 Å². The zero-order valence-corrected chi connectivity index (χ0v) is 10.5. The van der Waals surface area contributed by atoms with Crippen LogP contribution in [-0.4, -0.2) is 21.0 Å². The molecule has 0 spiro atoms. The predicted octanol–water partition coefficient (Wildman–Crippen LogP) is 1.46. The summed E-state index contributed by atoms with van der Waals surface area (Å²) in [7, 11) is 0. The van der Waals surface area contributed by atoms with Crippen molar-refractivity contribution < 1.29 is 9.90 Å². The number of carbonyl (C=O) groups is 1. The van der Waals surface area contributed by atoms with Crippen molar-refractivity contribution in [1.29, 1.82) is 0 Å². The van der Waals surface area contributed by atoms with E-state index in [0.717, 1.165) is 17.8 Å². The van der Waals surface area contributed by atoms with Crippen molar-refractivity contribution in [2.75, 3.05) is 0 Å². The molecular formula is C12H19N3O2. The minimum absolute atomic E-state index is 0.148. The summed E-state index contributed by atoms with van der Waals surface area (Å²) in [4.78, 5) is 19.1. The Balaban J connectivity index is 2.92. The molecule has 0 saturated carbocycles. The highest BCUT2D eigenvalue weighted by atomic mass is 16.4. The lowest BCUT2D eigenvalue weighted by atomic mass is 10.1. The van der Waals surface area contributed by atoms with Crippen LogP contribution in [0.5, 0.6) is 0 Å². The van der Waals surface area contributed by atoms with Crippen LogP contribution in [0.2, 0.25) is 0 Å². The molecule has 0 aliphatic heterocycles. The van der Waals surface area contributed by atoms with Gasteiger partial charge in [-0.2, -0.15) is 0 Å². The van der Waals surface area contributed by atoms with Crippen molar-refractivity contribution in [1.82, 2.24) is 9.97 Å². The fraction of sp³-hybridized carbons (Fsp3) is 0.583. The van der Waals surface area contributed by atoms with Gasteiger partial charge in [-0.15, -0.1) is 0 Å². The topological polar surface area (TPSA) is 89.1 Å². The molecule has 0 bridgehead atoms. The summed E-state index contributed by atoms with van der Waals surface area (Å²) in [5.74, 6) is -0.0242. The highest BCUT2D eigenvalue weighted by Gasteiger charge is 2.15. The van der Waals surface area contributed by atoms with Crippen LogP contribution in [0, 0.1) is 12.8 Å². The van der Waals surface area contributed by atoms with Gasteiger partial charge in [0.05, 0.1) is 12.5 Å². The minimum Gasteiger partial charge on any atom is -0.481 e. The molecule has 0 aliphatic rings. The quantitative estimate of drug-likeness (QED) is 0.809. The van der Waals surface area contributed by atoms with Gasteiger partial charge in [-0.3, -0.25) is 4.79 Å². The van der Waals surface area contributed by atoms with Crippen LogP contribution in [-0.2, 0) is 11.2 Å². The highest BCUT2D eigenvalue weighted by molar-refractivity contribution is 5.67. The number of nitrogens with zero attached hydrogens (tertiary/aromatic N) is 2. The zero-order valence-electron chi connectivity index (χ0n) is 10.5. The van der Waals surface area contributed by atoms with E-state index in [2.05, 4.69) is 23.8 Å². The second-order valence-electron chi connectivity index (χ2n) is 4.66. The number of aliphatic carboxylic acids is 1. The van der Waals surface area contributed by atoms with Crippen molar-refractivity contribution in [3.05, 3.63) is 23.3 Å². The van der Waals surface area contributed by atoms with Gasteiger partial charge in [-0.05, 0) is 25.3 Å². The first-order chi connectivity index (χ1) is 7.88. The summed E-state index contributed by atoms with van der Waals surface area (Å²) in [6.45, 7) is 6.07. The van der Waals surface area contributed by atoms with Crippen LogP contribution in [0.4, 0.5) is 0 Å². The number of aromatic nitrogens is 2. The molecule has 1 unspecified atom stereocenters. The molecule has 1 aromatic rings. The lowest BCUT2D eigenvalue weighted by Crippen LogP contribution is -2.19. The smallest absolute Gasteiger partial charge is 0.305 e. The van der Waals surface area contributed by atoms with E-state index in [1.54, 1.807) is 0 Å². The second kappa shape index (κ2) is 5.72. The van der Waals surface area contributed by atoms with E-state index in [-0.39, 0.29) is 6.42 Å². The fourth-order valence-corrected chi connectivity index (χ4v) is 1.63. The van der Waals surface area contributed by atoms with Gasteiger partial charge in [-0.25, -0.2) is 9.97 Å². The van der Waals surface area contributed by atoms with E-state index in [0.29, 0.717) is 11.7 Å². The Labute approximate surface area is 101 Å². The van der Waals surface area contributed by atoms with Gasteiger partial charge < -0.3 is 10.8 Å². The average molecular weight is 237 g/mol. The van der Waals surface area contributed by atoms with Crippen LogP contribution in [0.3, 0.4) is 0 Å². The molecule has 17 heavy (non-hydrogen) atoms. The van der Waals surface area contributed by atoms with Crippen LogP contribution >= 0.6 is 0 Å². The second-order valence-corrected chi connectivity index (χ2v) is 4.66. The van der Waals surface area contributed by atoms with Gasteiger partial charge in [0.2, 0.25) is 0 Å². The molecule has 0 radical (unpaired) electrons. The molecular weight excluding hydrogens is 218 g/mol. The highest BCUT2D eigenvalue weighted by Crippen LogP contribution is 2.13. The lowest BCUT2D eigenvalue weighted by Gasteiger charge is -2.11. The number of aryl methyl sites for hydroxylation is 1. The van der Waals surface area contributed by atoms with E-state index < -0.39 is 12.0 Å². The van der Waals surface area contributed by atoms with Gasteiger partial charge >= 0.3 is 5.97 Å². The van der Waals surface area contributed by atoms with Gasteiger partial charge in [-0.1, -0.05) is 13.8 Å². The SMILES string of the molecule is Cc1cc(CC(C)C)nc(C(N)CC(=O)O)n1. The molecule has 0 aromatic carbocycles. The van der Waals surface area contributed by atoms with Crippen LogP contribution in [0.25, 0.3) is 0 Å². The van der Waals surface area contributed by atoms with Crippen LogP contribution < -0.4 is 5.73 Å². The van der Waals surface area contributed by atoms with E-state index in [1.165, 1.54) is 0 Å². The fourth-order valence-electron chi connectivity index (χ4n) is 1.63. The number of nitrogens with two attached hydrogens (primary N) is 1. The Morgan fingerprint density at radius 3 is 2.65 bits per heavy atom. The first-order valence-electron chi connectivity index (χ1n) is 5.70. The van der Waals surface area contributed by atoms with E-state index >= 15 is 0 Å². The summed E-state index contributed by atoms with van der Waals surface area (Å²) < 4.78 is 0. The largest absolute Gasteiger partial charge is 0.481 e. The molecule has 1 aromatic heterocycles. The molecule has 5 nitrogen and oxygen atoms in total. The standard InChI is InChI=1S/C12H19N3O2/c1-7(2)4-9-5-8(3)14-12(15-9)10(13)6-11(16)17/h5,7,10H,4,6,13H2,1-3H3,(H,16,17). The molecule has 3 N–H and O–H groups in total. The number of carboxylic acid groups (broad SMARTS) is 1. The third-order valence-corrected chi connectivity index (χ3v) is 2.27. The number of hydrogen-bond acceptors (Lipinski definition) is 4. The van der Waals surface area contributed by atoms with E-state index in [4.69, 9.17) is 10.8 Å². The Morgan fingerprint density at radius 1 is 1.47 bits per heavy atom. The first kappa shape index (κ1) is 13.6. The van der Waals surface area contributed by atoms with Crippen molar-refractivity contribution in [3.63, 3.8) is 0 Å². The predicted molar refractivity (Wildman–Crippen MR) is 64.5 cm³/mol. The molecule has 1 atom stereocenters. The van der Waals surface area contributed by atoms with Crippen molar-refractivity contribution in [2.24, 2.45) is 11.7 Å². The molecule has 5 heteroatoms. The van der Waals surface area contributed by atoms with E-state index in [9.17, 15) is 4.79 Å². The summed E-state index contributed by atoms with van der Waals surface area (Å²) >= 11 is 0. The normalized spacial score (nSPS) is 12.8. The van der Waals surface area contributed by atoms with Crippen molar-refractivity contribution in [3.8, 4) is 0 Å². The van der Waals surface area contributed by atoms with E-state index in [1.807, 2.05) is 13.0 Å². The number of rotatable bonds is 5. The van der Waals surface area contributed by atoms with Crippen molar-refractivity contribution >= 4 is 5.97 Å². The number of hydrogen-bond donors (Lipinski definition) is 2. The molecule has 1 rings (SSSR count). The van der Waals surface area contributed by atoms with Crippen molar-refractivity contribution in [2.45, 2.75) is 39.7 Å². The maximum absolute atomic E-state index is 10.6. The molecule has 94 valence electrons. The maximum Gasteiger partial charge on any atom is 0.305 e. The van der Waals surface area contributed by atoms with Gasteiger partial charge in [0.15, 0.2) is 0 Å². The molecule has 0 saturated heterocycles. The Hall–Kier alpha value is -1.49. The van der Waals surface area contributed by atoms with Crippen LogP contribution in [0.1, 0.15) is 43.5 Å². The zero-order chi connectivity index (χ0) is 13.0. The number of carboxylic acids is 1. The Kier molecular flexibility index (Phi) is 4.57.